The Labute approximate surface area is 125 Å². The zero-order valence-electron chi connectivity index (χ0n) is 12.3. The molecule has 0 atom stereocenters. The van der Waals surface area contributed by atoms with Crippen molar-refractivity contribution in [3.8, 4) is 0 Å². The molecule has 1 aromatic rings. The molecule has 0 radical (unpaired) electrons. The predicted octanol–water partition coefficient (Wildman–Crippen LogP) is 1.49. The monoisotopic (exact) mass is 293 g/mol. The number of nitrogens with zero attached hydrogens (tertiary/aromatic N) is 3. The van der Waals surface area contributed by atoms with Gasteiger partial charge in [-0.1, -0.05) is 0 Å². The first-order valence-corrected chi connectivity index (χ1v) is 8.26. The smallest absolute Gasteiger partial charge is 0.242 e. The molecule has 3 heterocycles. The summed E-state index contributed by atoms with van der Waals surface area (Å²) in [6, 6.07) is 2.20. The van der Waals surface area contributed by atoms with Crippen molar-refractivity contribution < 1.29 is 4.79 Å². The minimum absolute atomic E-state index is 0.238. The zero-order valence-corrected chi connectivity index (χ0v) is 13.2. The maximum Gasteiger partial charge on any atom is 0.242 e. The second-order valence-electron chi connectivity index (χ2n) is 6.09. The Morgan fingerprint density at radius 3 is 2.60 bits per heavy atom. The standard InChI is InChI=1S/C15H23N3OS/c1-16-8-9-17(2)15(14(16)19)4-6-18(7-5-15)11-13-3-10-20-12-13/h3,10,12H,4-9,11H2,1-2H3. The van der Waals surface area contributed by atoms with Crippen molar-refractivity contribution in [3.05, 3.63) is 22.4 Å². The van der Waals surface area contributed by atoms with Gasteiger partial charge >= 0.3 is 0 Å². The first-order chi connectivity index (χ1) is 9.62. The van der Waals surface area contributed by atoms with Crippen molar-refractivity contribution in [1.29, 1.82) is 0 Å². The van der Waals surface area contributed by atoms with Gasteiger partial charge in [-0.15, -0.1) is 0 Å². The van der Waals surface area contributed by atoms with E-state index in [1.807, 2.05) is 11.9 Å². The Hall–Kier alpha value is -0.910. The van der Waals surface area contributed by atoms with E-state index in [4.69, 9.17) is 0 Å². The van der Waals surface area contributed by atoms with Crippen molar-refractivity contribution in [2.75, 3.05) is 40.3 Å². The molecule has 0 bridgehead atoms. The minimum atomic E-state index is -0.238. The summed E-state index contributed by atoms with van der Waals surface area (Å²) in [5.74, 6) is 0.321. The Morgan fingerprint density at radius 1 is 1.20 bits per heavy atom. The van der Waals surface area contributed by atoms with Crippen molar-refractivity contribution in [2.24, 2.45) is 0 Å². The number of piperidine rings is 1. The van der Waals surface area contributed by atoms with E-state index in [1.165, 1.54) is 5.56 Å². The molecule has 2 saturated heterocycles. The van der Waals surface area contributed by atoms with Crippen LogP contribution >= 0.6 is 11.3 Å². The molecule has 0 N–H and O–H groups in total. The van der Waals surface area contributed by atoms with Crippen LogP contribution in [-0.4, -0.2) is 66.4 Å². The van der Waals surface area contributed by atoms with E-state index >= 15 is 0 Å². The average molecular weight is 293 g/mol. The molecule has 1 aromatic heterocycles. The zero-order chi connectivity index (χ0) is 14.2. The molecule has 0 unspecified atom stereocenters. The third kappa shape index (κ3) is 2.38. The second-order valence-corrected chi connectivity index (χ2v) is 6.87. The summed E-state index contributed by atoms with van der Waals surface area (Å²) >= 11 is 1.76. The average Bonchev–Trinajstić information content (AvgIpc) is 2.96. The lowest BCUT2D eigenvalue weighted by molar-refractivity contribution is -0.152. The van der Waals surface area contributed by atoms with Crippen LogP contribution in [0.2, 0.25) is 0 Å². The molecular weight excluding hydrogens is 270 g/mol. The van der Waals surface area contributed by atoms with Gasteiger partial charge in [-0.05, 0) is 42.3 Å². The van der Waals surface area contributed by atoms with Crippen LogP contribution in [0.1, 0.15) is 18.4 Å². The van der Waals surface area contributed by atoms with Gasteiger partial charge in [0.2, 0.25) is 5.91 Å². The highest BCUT2D eigenvalue weighted by atomic mass is 32.1. The number of piperazine rings is 1. The van der Waals surface area contributed by atoms with Crippen LogP contribution in [-0.2, 0) is 11.3 Å². The molecule has 2 aliphatic heterocycles. The molecule has 4 nitrogen and oxygen atoms in total. The molecule has 20 heavy (non-hydrogen) atoms. The van der Waals surface area contributed by atoms with Crippen LogP contribution in [0.5, 0.6) is 0 Å². The van der Waals surface area contributed by atoms with Crippen LogP contribution in [0.3, 0.4) is 0 Å². The fourth-order valence-electron chi connectivity index (χ4n) is 3.45. The van der Waals surface area contributed by atoms with Gasteiger partial charge in [-0.2, -0.15) is 11.3 Å². The van der Waals surface area contributed by atoms with Gasteiger partial charge < -0.3 is 4.90 Å². The fraction of sp³-hybridized carbons (Fsp3) is 0.667. The summed E-state index contributed by atoms with van der Waals surface area (Å²) < 4.78 is 0. The molecule has 2 fully saturated rings. The van der Waals surface area contributed by atoms with E-state index in [9.17, 15) is 4.79 Å². The lowest BCUT2D eigenvalue weighted by Crippen LogP contribution is -2.66. The number of thiophene rings is 1. The number of likely N-dealkylation sites (tertiary alicyclic amines) is 1. The Morgan fingerprint density at radius 2 is 1.95 bits per heavy atom. The lowest BCUT2D eigenvalue weighted by atomic mass is 9.83. The largest absolute Gasteiger partial charge is 0.343 e. The van der Waals surface area contributed by atoms with Crippen molar-refractivity contribution in [3.63, 3.8) is 0 Å². The van der Waals surface area contributed by atoms with Gasteiger partial charge in [0.25, 0.3) is 0 Å². The minimum Gasteiger partial charge on any atom is -0.343 e. The summed E-state index contributed by atoms with van der Waals surface area (Å²) in [7, 11) is 4.05. The number of carbonyl (C=O) groups excluding carboxylic acids is 1. The lowest BCUT2D eigenvalue weighted by Gasteiger charge is -2.50. The number of hydrogen-bond donors (Lipinski definition) is 0. The highest BCUT2D eigenvalue weighted by molar-refractivity contribution is 7.07. The van der Waals surface area contributed by atoms with Gasteiger partial charge in [0.1, 0.15) is 5.54 Å². The molecule has 2 aliphatic rings. The van der Waals surface area contributed by atoms with E-state index in [1.54, 1.807) is 11.3 Å². The summed E-state index contributed by atoms with van der Waals surface area (Å²) in [5, 5.41) is 4.35. The van der Waals surface area contributed by atoms with Crippen LogP contribution in [0, 0.1) is 0 Å². The molecule has 0 aromatic carbocycles. The summed E-state index contributed by atoms with van der Waals surface area (Å²) in [6.07, 6.45) is 1.91. The van der Waals surface area contributed by atoms with Gasteiger partial charge in [0.05, 0.1) is 0 Å². The Kier molecular flexibility index (Phi) is 3.84. The number of carbonyl (C=O) groups is 1. The molecule has 110 valence electrons. The maximum absolute atomic E-state index is 12.6. The molecular formula is C15H23N3OS. The number of amides is 1. The van der Waals surface area contributed by atoms with E-state index in [0.29, 0.717) is 5.91 Å². The number of likely N-dealkylation sites (N-methyl/N-ethyl adjacent to an activating group) is 2. The van der Waals surface area contributed by atoms with E-state index in [2.05, 4.69) is 33.7 Å². The highest BCUT2D eigenvalue weighted by Crippen LogP contribution is 2.32. The van der Waals surface area contributed by atoms with E-state index in [-0.39, 0.29) is 5.54 Å². The number of hydrogen-bond acceptors (Lipinski definition) is 4. The van der Waals surface area contributed by atoms with Crippen LogP contribution in [0.15, 0.2) is 16.8 Å². The highest BCUT2D eigenvalue weighted by Gasteiger charge is 2.48. The second kappa shape index (κ2) is 5.47. The predicted molar refractivity (Wildman–Crippen MR) is 81.8 cm³/mol. The van der Waals surface area contributed by atoms with E-state index in [0.717, 1.165) is 45.6 Å². The first-order valence-electron chi connectivity index (χ1n) is 7.32. The van der Waals surface area contributed by atoms with Crippen molar-refractivity contribution in [2.45, 2.75) is 24.9 Å². The van der Waals surface area contributed by atoms with Crippen LogP contribution in [0.25, 0.3) is 0 Å². The Bertz CT molecular complexity index is 465. The normalized spacial score (nSPS) is 24.5. The van der Waals surface area contributed by atoms with E-state index < -0.39 is 0 Å². The van der Waals surface area contributed by atoms with Gasteiger partial charge in [-0.25, -0.2) is 0 Å². The number of rotatable bonds is 2. The maximum atomic E-state index is 12.6. The quantitative estimate of drug-likeness (QED) is 0.826. The first kappa shape index (κ1) is 14.0. The Balaban J connectivity index is 1.66. The molecule has 3 rings (SSSR count). The molecule has 5 heteroatoms. The molecule has 0 saturated carbocycles. The summed E-state index contributed by atoms with van der Waals surface area (Å²) in [6.45, 7) is 4.90. The van der Waals surface area contributed by atoms with Crippen molar-refractivity contribution >= 4 is 17.2 Å². The van der Waals surface area contributed by atoms with Gasteiger partial charge in [0, 0.05) is 39.8 Å². The SMILES string of the molecule is CN1CCN(C)C2(CCN(Cc3ccsc3)CC2)C1=O. The summed E-state index contributed by atoms with van der Waals surface area (Å²) in [4.78, 5) is 19.3. The van der Waals surface area contributed by atoms with Crippen molar-refractivity contribution in [1.82, 2.24) is 14.7 Å². The third-order valence-corrected chi connectivity index (χ3v) is 5.65. The van der Waals surface area contributed by atoms with Crippen LogP contribution < -0.4 is 0 Å². The molecule has 1 amide bonds. The van der Waals surface area contributed by atoms with Gasteiger partial charge in [0.15, 0.2) is 0 Å². The van der Waals surface area contributed by atoms with Gasteiger partial charge in [-0.3, -0.25) is 14.6 Å². The third-order valence-electron chi connectivity index (χ3n) is 4.92. The van der Waals surface area contributed by atoms with Crippen LogP contribution in [0.4, 0.5) is 0 Å². The molecule has 1 spiro atoms. The fourth-order valence-corrected chi connectivity index (χ4v) is 4.11. The summed E-state index contributed by atoms with van der Waals surface area (Å²) in [5.41, 5.74) is 1.16. The molecule has 0 aliphatic carbocycles. The topological polar surface area (TPSA) is 26.8 Å².